The smallest absolute Gasteiger partial charge is 0.222 e. The Labute approximate surface area is 105 Å². The van der Waals surface area contributed by atoms with Gasteiger partial charge in [-0.25, -0.2) is 0 Å². The molecule has 0 aromatic heterocycles. The molecule has 0 radical (unpaired) electrons. The lowest BCUT2D eigenvalue weighted by Gasteiger charge is -2.37. The second-order valence-electron chi connectivity index (χ2n) is 6.85. The third-order valence-corrected chi connectivity index (χ3v) is 4.15. The monoisotopic (exact) mass is 241 g/mol. The summed E-state index contributed by atoms with van der Waals surface area (Å²) in [6.45, 7) is 11.9. The fraction of sp³-hybridized carbons (Fsp3) is 0.929. The molecule has 17 heavy (non-hydrogen) atoms. The highest BCUT2D eigenvalue weighted by Gasteiger charge is 2.31. The van der Waals surface area contributed by atoms with Crippen molar-refractivity contribution in [2.45, 2.75) is 59.5 Å². The van der Waals surface area contributed by atoms with Gasteiger partial charge in [0.2, 0.25) is 5.91 Å². The van der Waals surface area contributed by atoms with Crippen LogP contribution in [0.1, 0.15) is 53.9 Å². The highest BCUT2D eigenvalue weighted by molar-refractivity contribution is 5.76. The quantitative estimate of drug-likeness (QED) is 0.806. The van der Waals surface area contributed by atoms with Crippen molar-refractivity contribution in [1.29, 1.82) is 0 Å². The van der Waals surface area contributed by atoms with Crippen LogP contribution >= 0.6 is 0 Å². The summed E-state index contributed by atoms with van der Waals surface area (Å²) in [4.78, 5) is 14.0. The number of hydrogen-bond acceptors (Lipinski definition) is 2. The molecule has 0 aliphatic carbocycles. The number of carbonyl (C=O) groups excluding carboxylic acids is 1. The summed E-state index contributed by atoms with van der Waals surface area (Å²) in [6.07, 6.45) is 2.01. The first-order chi connectivity index (χ1) is 7.62. The lowest BCUT2D eigenvalue weighted by molar-refractivity contribution is -0.136. The van der Waals surface area contributed by atoms with Crippen LogP contribution in [0.2, 0.25) is 0 Å². The summed E-state index contributed by atoms with van der Waals surface area (Å²) >= 11 is 0. The average molecular weight is 241 g/mol. The summed E-state index contributed by atoms with van der Waals surface area (Å²) in [5.41, 5.74) is -0.399. The maximum absolute atomic E-state index is 12.1. The van der Waals surface area contributed by atoms with Gasteiger partial charge in [0.1, 0.15) is 0 Å². The number of amides is 1. The van der Waals surface area contributed by atoms with Crippen LogP contribution in [0.15, 0.2) is 0 Å². The van der Waals surface area contributed by atoms with Crippen LogP contribution in [0, 0.1) is 11.3 Å². The molecule has 1 heterocycles. The van der Waals surface area contributed by atoms with Crippen LogP contribution in [0.3, 0.4) is 0 Å². The van der Waals surface area contributed by atoms with Crippen molar-refractivity contribution in [2.24, 2.45) is 11.3 Å². The molecule has 1 unspecified atom stereocenters. The van der Waals surface area contributed by atoms with E-state index in [0.29, 0.717) is 38.3 Å². The Bertz CT molecular complexity index is 268. The molecule has 1 aliphatic rings. The Morgan fingerprint density at radius 2 is 1.82 bits per heavy atom. The molecular weight excluding hydrogens is 214 g/mol. The first-order valence-electron chi connectivity index (χ1n) is 6.62. The Morgan fingerprint density at radius 1 is 1.35 bits per heavy atom. The molecule has 1 amide bonds. The van der Waals surface area contributed by atoms with Crippen LogP contribution in [-0.4, -0.2) is 34.6 Å². The second-order valence-corrected chi connectivity index (χ2v) is 6.85. The summed E-state index contributed by atoms with van der Waals surface area (Å²) in [7, 11) is 0. The molecule has 1 rings (SSSR count). The first-order valence-corrected chi connectivity index (χ1v) is 6.62. The summed E-state index contributed by atoms with van der Waals surface area (Å²) in [5.74, 6) is 0.625. The van der Waals surface area contributed by atoms with E-state index >= 15 is 0 Å². The number of piperidine rings is 1. The van der Waals surface area contributed by atoms with Crippen molar-refractivity contribution in [3.63, 3.8) is 0 Å². The van der Waals surface area contributed by atoms with Gasteiger partial charge < -0.3 is 10.0 Å². The van der Waals surface area contributed by atoms with Gasteiger partial charge in [-0.15, -0.1) is 0 Å². The highest BCUT2D eigenvalue weighted by atomic mass is 16.3. The molecule has 0 aromatic carbocycles. The Hall–Kier alpha value is -0.570. The normalized spacial score (nSPS) is 22.4. The molecule has 0 aromatic rings. The average Bonchev–Trinajstić information content (AvgIpc) is 2.15. The zero-order valence-corrected chi connectivity index (χ0v) is 11.9. The molecule has 0 saturated carbocycles. The zero-order valence-electron chi connectivity index (χ0n) is 11.9. The third-order valence-electron chi connectivity index (χ3n) is 4.15. The third kappa shape index (κ3) is 4.30. The fourth-order valence-corrected chi connectivity index (χ4v) is 1.94. The largest absolute Gasteiger partial charge is 0.390 e. The zero-order chi connectivity index (χ0) is 13.3. The van der Waals surface area contributed by atoms with Crippen LogP contribution in [-0.2, 0) is 4.79 Å². The molecule has 1 saturated heterocycles. The van der Waals surface area contributed by atoms with Gasteiger partial charge in [-0.3, -0.25) is 4.79 Å². The number of likely N-dealkylation sites (tertiary alicyclic amines) is 1. The van der Waals surface area contributed by atoms with Gasteiger partial charge >= 0.3 is 0 Å². The number of nitrogens with zero attached hydrogens (tertiary/aromatic N) is 1. The number of rotatable bonds is 2. The van der Waals surface area contributed by atoms with Gasteiger partial charge in [0.05, 0.1) is 5.60 Å². The van der Waals surface area contributed by atoms with E-state index in [2.05, 4.69) is 27.7 Å². The van der Waals surface area contributed by atoms with E-state index in [1.165, 1.54) is 0 Å². The Kier molecular flexibility index (Phi) is 4.23. The molecule has 3 nitrogen and oxygen atoms in total. The van der Waals surface area contributed by atoms with Gasteiger partial charge in [-0.1, -0.05) is 27.7 Å². The second kappa shape index (κ2) is 4.97. The van der Waals surface area contributed by atoms with E-state index in [1.54, 1.807) is 0 Å². The Morgan fingerprint density at radius 3 is 2.24 bits per heavy atom. The van der Waals surface area contributed by atoms with Crippen LogP contribution in [0.25, 0.3) is 0 Å². The fourth-order valence-electron chi connectivity index (χ4n) is 1.94. The van der Waals surface area contributed by atoms with Crippen LogP contribution < -0.4 is 0 Å². The lowest BCUT2D eigenvalue weighted by Crippen LogP contribution is -2.45. The minimum absolute atomic E-state index is 0.178. The molecule has 1 aliphatic heterocycles. The van der Waals surface area contributed by atoms with Crippen LogP contribution in [0.4, 0.5) is 0 Å². The van der Waals surface area contributed by atoms with E-state index in [4.69, 9.17) is 0 Å². The molecule has 3 heteroatoms. The molecule has 0 bridgehead atoms. The van der Waals surface area contributed by atoms with E-state index in [1.807, 2.05) is 11.8 Å². The molecular formula is C14H27NO2. The van der Waals surface area contributed by atoms with Crippen molar-refractivity contribution in [3.05, 3.63) is 0 Å². The van der Waals surface area contributed by atoms with E-state index in [-0.39, 0.29) is 11.3 Å². The lowest BCUT2D eigenvalue weighted by atomic mass is 9.80. The van der Waals surface area contributed by atoms with Crippen molar-refractivity contribution < 1.29 is 9.90 Å². The summed E-state index contributed by atoms with van der Waals surface area (Å²) in [6, 6.07) is 0. The van der Waals surface area contributed by atoms with Crippen LogP contribution in [0.5, 0.6) is 0 Å². The van der Waals surface area contributed by atoms with Gasteiger partial charge in [0, 0.05) is 19.5 Å². The van der Waals surface area contributed by atoms with Gasteiger partial charge in [-0.05, 0) is 31.1 Å². The van der Waals surface area contributed by atoms with Crippen molar-refractivity contribution >= 4 is 5.91 Å². The number of aliphatic hydroxyl groups is 1. The minimum Gasteiger partial charge on any atom is -0.390 e. The molecule has 100 valence electrons. The molecule has 0 spiro atoms. The first kappa shape index (κ1) is 14.5. The van der Waals surface area contributed by atoms with Crippen molar-refractivity contribution in [2.75, 3.05) is 13.1 Å². The topological polar surface area (TPSA) is 40.5 Å². The predicted molar refractivity (Wildman–Crippen MR) is 69.7 cm³/mol. The molecule has 1 fully saturated rings. The van der Waals surface area contributed by atoms with E-state index in [9.17, 15) is 9.90 Å². The van der Waals surface area contributed by atoms with Gasteiger partial charge in [0.15, 0.2) is 0 Å². The predicted octanol–water partition coefficient (Wildman–Crippen LogP) is 2.43. The van der Waals surface area contributed by atoms with E-state index < -0.39 is 5.60 Å². The number of hydrogen-bond donors (Lipinski definition) is 1. The summed E-state index contributed by atoms with van der Waals surface area (Å²) in [5, 5.41) is 9.85. The highest BCUT2D eigenvalue weighted by Crippen LogP contribution is 2.29. The van der Waals surface area contributed by atoms with Gasteiger partial charge in [-0.2, -0.15) is 0 Å². The molecule has 1 atom stereocenters. The van der Waals surface area contributed by atoms with Crippen molar-refractivity contribution in [1.82, 2.24) is 4.90 Å². The minimum atomic E-state index is -0.577. The van der Waals surface area contributed by atoms with Gasteiger partial charge in [0.25, 0.3) is 0 Å². The number of carbonyl (C=O) groups is 1. The summed E-state index contributed by atoms with van der Waals surface area (Å²) < 4.78 is 0. The standard InChI is InChI=1S/C14H27NO2/c1-11(13(2,3)4)10-12(16)15-8-6-14(5,17)7-9-15/h11,17H,6-10H2,1-5H3. The maximum atomic E-state index is 12.1. The van der Waals surface area contributed by atoms with E-state index in [0.717, 1.165) is 0 Å². The SMILES string of the molecule is CC(CC(=O)N1CCC(C)(O)CC1)C(C)(C)C. The molecule has 1 N–H and O–H groups in total. The maximum Gasteiger partial charge on any atom is 0.222 e. The Balaban J connectivity index is 2.45. The van der Waals surface area contributed by atoms with Crippen molar-refractivity contribution in [3.8, 4) is 0 Å².